The molecule has 0 fully saturated rings. The van der Waals surface area contributed by atoms with Gasteiger partial charge in [0.1, 0.15) is 12.4 Å². The molecule has 7 heteroatoms. The van der Waals surface area contributed by atoms with Crippen LogP contribution in [0.4, 0.5) is 0 Å². The maximum atomic E-state index is 5.66. The van der Waals surface area contributed by atoms with Crippen LogP contribution in [0, 0.1) is 0 Å². The molecule has 2 heterocycles. The molecule has 0 unspecified atom stereocenters. The predicted octanol–water partition coefficient (Wildman–Crippen LogP) is 2.46. The molecular weight excluding hydrogens is 352 g/mol. The van der Waals surface area contributed by atoms with Crippen LogP contribution < -0.4 is 15.4 Å². The van der Waals surface area contributed by atoms with Gasteiger partial charge in [-0.1, -0.05) is 24.3 Å². The minimum atomic E-state index is 0.534. The lowest BCUT2D eigenvalue weighted by Crippen LogP contribution is -2.39. The molecule has 0 amide bonds. The quantitative estimate of drug-likeness (QED) is 0.340. The second kappa shape index (κ2) is 10.7. The summed E-state index contributed by atoms with van der Waals surface area (Å²) in [7, 11) is 0. The number of aromatic nitrogens is 3. The highest BCUT2D eigenvalue weighted by molar-refractivity contribution is 5.79. The number of benzene rings is 1. The summed E-state index contributed by atoms with van der Waals surface area (Å²) < 4.78 is 7.58. The topological polar surface area (TPSA) is 76.4 Å². The molecule has 0 spiro atoms. The highest BCUT2D eigenvalue weighted by atomic mass is 16.5. The third kappa shape index (κ3) is 6.12. The first-order valence-corrected chi connectivity index (χ1v) is 9.44. The number of aliphatic imine (C=N–C) groups is 1. The lowest BCUT2D eigenvalue weighted by molar-refractivity contribution is 0.320. The van der Waals surface area contributed by atoms with E-state index in [0.29, 0.717) is 19.7 Å². The molecule has 3 aromatic rings. The minimum Gasteiger partial charge on any atom is -0.490 e. The minimum absolute atomic E-state index is 0.534. The number of nitrogens with zero attached hydrogens (tertiary/aromatic N) is 4. The molecule has 28 heavy (non-hydrogen) atoms. The predicted molar refractivity (Wildman–Crippen MR) is 110 cm³/mol. The third-order valence-electron chi connectivity index (χ3n) is 4.06. The van der Waals surface area contributed by atoms with Gasteiger partial charge in [0.25, 0.3) is 0 Å². The Morgan fingerprint density at radius 1 is 1.07 bits per heavy atom. The fraction of sp³-hybridized carbons (Fsp3) is 0.286. The van der Waals surface area contributed by atoms with Crippen LogP contribution in [0.25, 0.3) is 0 Å². The van der Waals surface area contributed by atoms with Gasteiger partial charge in [0.2, 0.25) is 0 Å². The molecule has 0 saturated carbocycles. The van der Waals surface area contributed by atoms with Crippen LogP contribution in [0.1, 0.15) is 18.1 Å². The first kappa shape index (κ1) is 19.4. The molecule has 7 nitrogen and oxygen atoms in total. The van der Waals surface area contributed by atoms with Crippen LogP contribution in [0.15, 0.2) is 72.2 Å². The zero-order valence-electron chi connectivity index (χ0n) is 16.1. The van der Waals surface area contributed by atoms with Crippen molar-refractivity contribution in [1.29, 1.82) is 0 Å². The summed E-state index contributed by atoms with van der Waals surface area (Å²) in [4.78, 5) is 8.75. The first-order valence-electron chi connectivity index (χ1n) is 9.44. The van der Waals surface area contributed by atoms with Gasteiger partial charge in [-0.25, -0.2) is 4.99 Å². The molecular formula is C21H26N6O. The van der Waals surface area contributed by atoms with Crippen LogP contribution in [-0.2, 0) is 13.1 Å². The monoisotopic (exact) mass is 378 g/mol. The molecule has 2 aromatic heterocycles. The van der Waals surface area contributed by atoms with E-state index in [-0.39, 0.29) is 0 Å². The van der Waals surface area contributed by atoms with E-state index in [9.17, 15) is 0 Å². The fourth-order valence-corrected chi connectivity index (χ4v) is 2.71. The SMILES string of the molecule is CCNC(=NCc1ccccc1Cn1cccn1)NCCOc1cccnc1. The molecule has 2 N–H and O–H groups in total. The van der Waals surface area contributed by atoms with Crippen LogP contribution in [0.3, 0.4) is 0 Å². The highest BCUT2D eigenvalue weighted by Crippen LogP contribution is 2.11. The zero-order valence-corrected chi connectivity index (χ0v) is 16.1. The van der Waals surface area contributed by atoms with Crippen molar-refractivity contribution in [3.05, 3.63) is 78.4 Å². The Hall–Kier alpha value is -3.35. The van der Waals surface area contributed by atoms with E-state index in [0.717, 1.165) is 24.8 Å². The van der Waals surface area contributed by atoms with E-state index in [1.165, 1.54) is 11.1 Å². The summed E-state index contributed by atoms with van der Waals surface area (Å²) in [6.07, 6.45) is 7.19. The summed E-state index contributed by atoms with van der Waals surface area (Å²) in [5.74, 6) is 1.53. The van der Waals surface area contributed by atoms with Gasteiger partial charge in [-0.2, -0.15) is 5.10 Å². The summed E-state index contributed by atoms with van der Waals surface area (Å²) in [5.41, 5.74) is 2.40. The van der Waals surface area contributed by atoms with Crippen LogP contribution in [0.2, 0.25) is 0 Å². The van der Waals surface area contributed by atoms with Gasteiger partial charge in [-0.15, -0.1) is 0 Å². The molecule has 0 atom stereocenters. The van der Waals surface area contributed by atoms with E-state index in [1.54, 1.807) is 18.6 Å². The van der Waals surface area contributed by atoms with Crippen molar-refractivity contribution in [2.75, 3.05) is 19.7 Å². The Kier molecular flexibility index (Phi) is 7.43. The molecule has 0 saturated heterocycles. The van der Waals surface area contributed by atoms with Crippen LogP contribution >= 0.6 is 0 Å². The van der Waals surface area contributed by atoms with Crippen molar-refractivity contribution in [2.45, 2.75) is 20.0 Å². The standard InChI is InChI=1S/C21H26N6O/c1-2-23-21(24-12-14-28-20-9-5-10-22-16-20)25-15-18-7-3-4-8-19(18)17-27-13-6-11-26-27/h3-11,13,16H,2,12,14-15,17H2,1H3,(H2,23,24,25). The van der Waals surface area contributed by atoms with Gasteiger partial charge in [0, 0.05) is 25.1 Å². The van der Waals surface area contributed by atoms with E-state index in [1.807, 2.05) is 41.2 Å². The summed E-state index contributed by atoms with van der Waals surface area (Å²) >= 11 is 0. The molecule has 146 valence electrons. The highest BCUT2D eigenvalue weighted by Gasteiger charge is 2.04. The molecule has 3 rings (SSSR count). The van der Waals surface area contributed by atoms with E-state index in [4.69, 9.17) is 9.73 Å². The molecule has 0 aliphatic rings. The lowest BCUT2D eigenvalue weighted by Gasteiger charge is -2.13. The molecule has 0 aliphatic heterocycles. The van der Waals surface area contributed by atoms with Gasteiger partial charge in [-0.3, -0.25) is 9.67 Å². The zero-order chi connectivity index (χ0) is 19.4. The molecule has 0 aliphatic carbocycles. The van der Waals surface area contributed by atoms with Crippen molar-refractivity contribution >= 4 is 5.96 Å². The number of rotatable bonds is 9. The average Bonchev–Trinajstić information content (AvgIpc) is 3.24. The summed E-state index contributed by atoms with van der Waals surface area (Å²) in [6, 6.07) is 14.0. The van der Waals surface area contributed by atoms with Crippen molar-refractivity contribution in [3.63, 3.8) is 0 Å². The number of pyridine rings is 1. The summed E-state index contributed by atoms with van der Waals surface area (Å²) in [5, 5.41) is 10.9. The van der Waals surface area contributed by atoms with E-state index in [2.05, 4.69) is 39.8 Å². The van der Waals surface area contributed by atoms with Gasteiger partial charge >= 0.3 is 0 Å². The molecule has 0 bridgehead atoms. The average molecular weight is 378 g/mol. The molecule has 0 radical (unpaired) electrons. The normalized spacial score (nSPS) is 11.2. The Labute approximate surface area is 165 Å². The van der Waals surface area contributed by atoms with Crippen molar-refractivity contribution < 1.29 is 4.74 Å². The van der Waals surface area contributed by atoms with E-state index < -0.39 is 0 Å². The Morgan fingerprint density at radius 2 is 1.96 bits per heavy atom. The largest absolute Gasteiger partial charge is 0.490 e. The van der Waals surface area contributed by atoms with Gasteiger partial charge in [0.15, 0.2) is 5.96 Å². The van der Waals surface area contributed by atoms with Gasteiger partial charge < -0.3 is 15.4 Å². The summed E-state index contributed by atoms with van der Waals surface area (Å²) in [6.45, 7) is 5.36. The van der Waals surface area contributed by atoms with Crippen molar-refractivity contribution in [3.8, 4) is 5.75 Å². The molecule has 1 aromatic carbocycles. The Balaban J connectivity index is 1.55. The first-order chi connectivity index (χ1) is 13.8. The fourth-order valence-electron chi connectivity index (χ4n) is 2.71. The van der Waals surface area contributed by atoms with Gasteiger partial charge in [-0.05, 0) is 36.2 Å². The number of ether oxygens (including phenoxy) is 1. The number of guanidine groups is 1. The second-order valence-corrected chi connectivity index (χ2v) is 6.13. The Bertz CT molecular complexity index is 848. The van der Waals surface area contributed by atoms with Crippen LogP contribution in [0.5, 0.6) is 5.75 Å². The van der Waals surface area contributed by atoms with Gasteiger partial charge in [0.05, 0.1) is 25.8 Å². The third-order valence-corrected chi connectivity index (χ3v) is 4.06. The number of hydrogen-bond acceptors (Lipinski definition) is 4. The van der Waals surface area contributed by atoms with Crippen molar-refractivity contribution in [2.24, 2.45) is 4.99 Å². The Morgan fingerprint density at radius 3 is 2.71 bits per heavy atom. The van der Waals surface area contributed by atoms with Crippen molar-refractivity contribution in [1.82, 2.24) is 25.4 Å². The smallest absolute Gasteiger partial charge is 0.191 e. The lowest BCUT2D eigenvalue weighted by atomic mass is 10.1. The number of hydrogen-bond donors (Lipinski definition) is 2. The maximum absolute atomic E-state index is 5.66. The second-order valence-electron chi connectivity index (χ2n) is 6.13. The van der Waals surface area contributed by atoms with E-state index >= 15 is 0 Å². The van der Waals surface area contributed by atoms with Crippen LogP contribution in [-0.4, -0.2) is 40.4 Å². The maximum Gasteiger partial charge on any atom is 0.191 e. The number of nitrogens with one attached hydrogen (secondary N) is 2.